The highest BCUT2D eigenvalue weighted by molar-refractivity contribution is 8.00. The van der Waals surface area contributed by atoms with E-state index < -0.39 is 0 Å². The van der Waals surface area contributed by atoms with Crippen LogP contribution in [0.4, 0.5) is 0 Å². The first kappa shape index (κ1) is 16.1. The summed E-state index contributed by atoms with van der Waals surface area (Å²) in [4.78, 5) is 16.7. The normalized spacial score (nSPS) is 15.4. The zero-order valence-electron chi connectivity index (χ0n) is 13.5. The summed E-state index contributed by atoms with van der Waals surface area (Å²) >= 11 is 1.42. The van der Waals surface area contributed by atoms with Crippen LogP contribution in [0, 0.1) is 0 Å². The van der Waals surface area contributed by atoms with E-state index in [2.05, 4.69) is 15.4 Å². The Hall–Kier alpha value is -1.82. The number of aromatic nitrogens is 3. The van der Waals surface area contributed by atoms with Crippen molar-refractivity contribution in [1.82, 2.24) is 20.1 Å². The third-order valence-electron chi connectivity index (χ3n) is 3.76. The maximum atomic E-state index is 12.0. The number of carbonyl (C=O) groups is 1. The summed E-state index contributed by atoms with van der Waals surface area (Å²) in [6, 6.07) is 10.1. The van der Waals surface area contributed by atoms with E-state index in [9.17, 15) is 4.79 Å². The first-order valence-electron chi connectivity index (χ1n) is 8.15. The van der Waals surface area contributed by atoms with Gasteiger partial charge in [-0.05, 0) is 38.3 Å². The van der Waals surface area contributed by atoms with E-state index in [1.54, 1.807) is 0 Å². The molecule has 1 N–H and O–H groups in total. The van der Waals surface area contributed by atoms with Gasteiger partial charge in [0.2, 0.25) is 11.1 Å². The summed E-state index contributed by atoms with van der Waals surface area (Å²) in [5.41, 5.74) is 1.02. The summed E-state index contributed by atoms with van der Waals surface area (Å²) in [6.45, 7) is 4.65. The SMILES string of the molecule is CCCNC(=O)C(C)Sc1nc(C2CC2)n(-c2ccccc2)n1. The van der Waals surface area contributed by atoms with Gasteiger partial charge < -0.3 is 5.32 Å². The number of nitrogens with zero attached hydrogens (tertiary/aromatic N) is 3. The molecule has 1 aliphatic rings. The Morgan fingerprint density at radius 2 is 2.13 bits per heavy atom. The van der Waals surface area contributed by atoms with Gasteiger partial charge in [0.15, 0.2) is 0 Å². The highest BCUT2D eigenvalue weighted by atomic mass is 32.2. The fourth-order valence-corrected chi connectivity index (χ4v) is 3.10. The Morgan fingerprint density at radius 1 is 1.39 bits per heavy atom. The second kappa shape index (κ2) is 7.17. The number of hydrogen-bond acceptors (Lipinski definition) is 4. The van der Waals surface area contributed by atoms with Gasteiger partial charge in [-0.1, -0.05) is 36.9 Å². The number of nitrogens with one attached hydrogen (secondary N) is 1. The largest absolute Gasteiger partial charge is 0.355 e. The van der Waals surface area contributed by atoms with Crippen molar-refractivity contribution in [3.05, 3.63) is 36.2 Å². The number of rotatable bonds is 7. The number of amides is 1. The Balaban J connectivity index is 1.77. The first-order valence-corrected chi connectivity index (χ1v) is 9.03. The van der Waals surface area contributed by atoms with E-state index in [0.29, 0.717) is 17.6 Å². The molecule has 1 fully saturated rings. The van der Waals surface area contributed by atoms with E-state index in [4.69, 9.17) is 0 Å². The lowest BCUT2D eigenvalue weighted by atomic mass is 10.3. The van der Waals surface area contributed by atoms with Crippen LogP contribution >= 0.6 is 11.8 Å². The second-order valence-corrected chi connectivity index (χ2v) is 7.13. The van der Waals surface area contributed by atoms with E-state index >= 15 is 0 Å². The highest BCUT2D eigenvalue weighted by Gasteiger charge is 2.31. The maximum Gasteiger partial charge on any atom is 0.233 e. The molecule has 5 nitrogen and oxygen atoms in total. The van der Waals surface area contributed by atoms with E-state index in [1.807, 2.05) is 48.9 Å². The minimum absolute atomic E-state index is 0.0425. The molecular weight excluding hydrogens is 308 g/mol. The molecule has 6 heteroatoms. The molecule has 1 amide bonds. The molecule has 1 aliphatic carbocycles. The summed E-state index contributed by atoms with van der Waals surface area (Å²) < 4.78 is 1.93. The molecule has 1 aromatic carbocycles. The first-order chi connectivity index (χ1) is 11.2. The molecule has 0 bridgehead atoms. The zero-order valence-corrected chi connectivity index (χ0v) is 14.3. The molecular formula is C17H22N4OS. The molecule has 1 atom stereocenters. The van der Waals surface area contributed by atoms with Crippen molar-refractivity contribution < 1.29 is 4.79 Å². The maximum absolute atomic E-state index is 12.0. The molecule has 23 heavy (non-hydrogen) atoms. The molecule has 0 aliphatic heterocycles. The minimum Gasteiger partial charge on any atom is -0.355 e. The predicted octanol–water partition coefficient (Wildman–Crippen LogP) is 3.15. The van der Waals surface area contributed by atoms with Gasteiger partial charge in [-0.15, -0.1) is 5.10 Å². The summed E-state index contributed by atoms with van der Waals surface area (Å²) in [5.74, 6) is 1.56. The lowest BCUT2D eigenvalue weighted by molar-refractivity contribution is -0.120. The molecule has 0 spiro atoms. The van der Waals surface area contributed by atoms with Gasteiger partial charge in [-0.3, -0.25) is 4.79 Å². The van der Waals surface area contributed by atoms with Crippen molar-refractivity contribution in [1.29, 1.82) is 0 Å². The average Bonchev–Trinajstić information content (AvgIpc) is 3.34. The third-order valence-corrected chi connectivity index (χ3v) is 4.71. The van der Waals surface area contributed by atoms with E-state index in [1.165, 1.54) is 24.6 Å². The van der Waals surface area contributed by atoms with Gasteiger partial charge in [0.05, 0.1) is 10.9 Å². The molecule has 2 aromatic rings. The second-order valence-electron chi connectivity index (χ2n) is 5.83. The molecule has 1 aromatic heterocycles. The fourth-order valence-electron chi connectivity index (χ4n) is 2.32. The lowest BCUT2D eigenvalue weighted by Crippen LogP contribution is -2.31. The highest BCUT2D eigenvalue weighted by Crippen LogP contribution is 2.40. The molecule has 3 rings (SSSR count). The monoisotopic (exact) mass is 330 g/mol. The van der Waals surface area contributed by atoms with Crippen LogP contribution in [0.5, 0.6) is 0 Å². The Morgan fingerprint density at radius 3 is 2.78 bits per heavy atom. The summed E-state index contributed by atoms with van der Waals surface area (Å²) in [5, 5.41) is 8.03. The summed E-state index contributed by atoms with van der Waals surface area (Å²) in [6.07, 6.45) is 3.28. The van der Waals surface area contributed by atoms with Crippen LogP contribution in [-0.2, 0) is 4.79 Å². The molecule has 0 saturated heterocycles. The Labute approximate surface area is 140 Å². The van der Waals surface area contributed by atoms with E-state index in [-0.39, 0.29) is 11.2 Å². The van der Waals surface area contributed by atoms with Crippen LogP contribution in [0.25, 0.3) is 5.69 Å². The fraction of sp³-hybridized carbons (Fsp3) is 0.471. The molecule has 1 saturated carbocycles. The number of carbonyl (C=O) groups excluding carboxylic acids is 1. The van der Waals surface area contributed by atoms with Crippen molar-refractivity contribution in [3.8, 4) is 5.69 Å². The van der Waals surface area contributed by atoms with Crippen molar-refractivity contribution >= 4 is 17.7 Å². The van der Waals surface area contributed by atoms with Gasteiger partial charge in [0.1, 0.15) is 5.82 Å². The van der Waals surface area contributed by atoms with Crippen molar-refractivity contribution in [3.63, 3.8) is 0 Å². The molecule has 1 heterocycles. The molecule has 1 unspecified atom stereocenters. The Bertz CT molecular complexity index is 666. The van der Waals surface area contributed by atoms with Crippen molar-refractivity contribution in [2.75, 3.05) is 6.54 Å². The van der Waals surface area contributed by atoms with Gasteiger partial charge in [-0.2, -0.15) is 0 Å². The van der Waals surface area contributed by atoms with Gasteiger partial charge in [-0.25, -0.2) is 9.67 Å². The van der Waals surface area contributed by atoms with Crippen molar-refractivity contribution in [2.24, 2.45) is 0 Å². The van der Waals surface area contributed by atoms with Crippen LogP contribution < -0.4 is 5.32 Å². The van der Waals surface area contributed by atoms with Gasteiger partial charge in [0, 0.05) is 12.5 Å². The van der Waals surface area contributed by atoms with Gasteiger partial charge in [0.25, 0.3) is 0 Å². The standard InChI is InChI=1S/C17H22N4OS/c1-3-11-18-16(22)12(2)23-17-19-15(13-9-10-13)21(20-17)14-7-5-4-6-8-14/h4-8,12-13H,3,9-11H2,1-2H3,(H,18,22). The minimum atomic E-state index is -0.194. The summed E-state index contributed by atoms with van der Waals surface area (Å²) in [7, 11) is 0. The number of para-hydroxylation sites is 1. The van der Waals surface area contributed by atoms with Crippen LogP contribution in [0.15, 0.2) is 35.5 Å². The lowest BCUT2D eigenvalue weighted by Gasteiger charge is -2.08. The zero-order chi connectivity index (χ0) is 16.2. The van der Waals surface area contributed by atoms with Crippen LogP contribution in [-0.4, -0.2) is 32.5 Å². The third kappa shape index (κ3) is 3.93. The average molecular weight is 330 g/mol. The van der Waals surface area contributed by atoms with E-state index in [0.717, 1.165) is 17.9 Å². The smallest absolute Gasteiger partial charge is 0.233 e. The van der Waals surface area contributed by atoms with Crippen LogP contribution in [0.2, 0.25) is 0 Å². The molecule has 122 valence electrons. The Kier molecular flexibility index (Phi) is 5.00. The molecule has 0 radical (unpaired) electrons. The van der Waals surface area contributed by atoms with Crippen LogP contribution in [0.1, 0.15) is 44.9 Å². The number of hydrogen-bond donors (Lipinski definition) is 1. The predicted molar refractivity (Wildman–Crippen MR) is 92.0 cm³/mol. The topological polar surface area (TPSA) is 59.8 Å². The van der Waals surface area contributed by atoms with Crippen LogP contribution in [0.3, 0.4) is 0 Å². The number of thioether (sulfide) groups is 1. The van der Waals surface area contributed by atoms with Crippen molar-refractivity contribution in [2.45, 2.75) is 49.4 Å². The number of benzene rings is 1. The van der Waals surface area contributed by atoms with Gasteiger partial charge >= 0.3 is 0 Å². The quantitative estimate of drug-likeness (QED) is 0.792.